The van der Waals surface area contributed by atoms with Crippen LogP contribution in [-0.4, -0.2) is 12.5 Å². The van der Waals surface area contributed by atoms with Crippen LogP contribution in [0, 0.1) is 0 Å². The Hall–Kier alpha value is -2.04. The monoisotopic (exact) mass is 290 g/mol. The van der Waals surface area contributed by atoms with Gasteiger partial charge in [-0.05, 0) is 18.2 Å². The number of carbonyl (C=O) groups is 1. The molecule has 20 heavy (non-hydrogen) atoms. The molecule has 0 saturated carbocycles. The molecule has 104 valence electrons. The zero-order valence-electron chi connectivity index (χ0n) is 10.8. The Morgan fingerprint density at radius 2 is 1.90 bits per heavy atom. The highest BCUT2D eigenvalue weighted by molar-refractivity contribution is 6.32. The van der Waals surface area contributed by atoms with Crippen LogP contribution in [0.1, 0.15) is 5.56 Å². The molecule has 4 nitrogen and oxygen atoms in total. The molecule has 0 aromatic heterocycles. The fraction of sp³-hybridized carbons (Fsp3) is 0.133. The van der Waals surface area contributed by atoms with Gasteiger partial charge in [0, 0.05) is 17.8 Å². The second-order valence-corrected chi connectivity index (χ2v) is 4.54. The van der Waals surface area contributed by atoms with Gasteiger partial charge in [0.2, 0.25) is 0 Å². The van der Waals surface area contributed by atoms with Crippen LogP contribution in [0.3, 0.4) is 0 Å². The lowest BCUT2D eigenvalue weighted by molar-refractivity contribution is -0.118. The van der Waals surface area contributed by atoms with Crippen LogP contribution >= 0.6 is 11.6 Å². The Morgan fingerprint density at radius 1 is 1.15 bits per heavy atom. The smallest absolute Gasteiger partial charge is 0.262 e. The van der Waals surface area contributed by atoms with Gasteiger partial charge in [-0.15, -0.1) is 0 Å². The van der Waals surface area contributed by atoms with E-state index in [1.165, 1.54) is 0 Å². The van der Waals surface area contributed by atoms with E-state index in [0.717, 1.165) is 11.3 Å². The zero-order valence-corrected chi connectivity index (χ0v) is 11.6. The first-order valence-corrected chi connectivity index (χ1v) is 6.53. The number of halogens is 1. The van der Waals surface area contributed by atoms with Crippen molar-refractivity contribution in [3.8, 4) is 5.75 Å². The SMILES string of the molecule is NCc1cccc(Cl)c1OCC(=O)Nc1ccccc1. The van der Waals surface area contributed by atoms with Crippen LogP contribution in [0.5, 0.6) is 5.75 Å². The largest absolute Gasteiger partial charge is 0.482 e. The van der Waals surface area contributed by atoms with Gasteiger partial charge >= 0.3 is 0 Å². The summed E-state index contributed by atoms with van der Waals surface area (Å²) in [7, 11) is 0. The van der Waals surface area contributed by atoms with Crippen LogP contribution in [-0.2, 0) is 11.3 Å². The van der Waals surface area contributed by atoms with Crippen LogP contribution < -0.4 is 15.8 Å². The zero-order chi connectivity index (χ0) is 14.4. The predicted molar refractivity (Wildman–Crippen MR) is 79.9 cm³/mol. The first kappa shape index (κ1) is 14.4. The van der Waals surface area contributed by atoms with E-state index in [0.29, 0.717) is 17.3 Å². The number of amides is 1. The van der Waals surface area contributed by atoms with Crippen molar-refractivity contribution in [3.05, 3.63) is 59.1 Å². The van der Waals surface area contributed by atoms with Crippen molar-refractivity contribution in [3.63, 3.8) is 0 Å². The second-order valence-electron chi connectivity index (χ2n) is 4.14. The van der Waals surface area contributed by atoms with E-state index in [1.54, 1.807) is 24.3 Å². The average molecular weight is 291 g/mol. The maximum Gasteiger partial charge on any atom is 0.262 e. The summed E-state index contributed by atoms with van der Waals surface area (Å²) in [4.78, 5) is 11.8. The number of hydrogen-bond donors (Lipinski definition) is 2. The van der Waals surface area contributed by atoms with E-state index in [9.17, 15) is 4.79 Å². The lowest BCUT2D eigenvalue weighted by Gasteiger charge is -2.12. The topological polar surface area (TPSA) is 64.3 Å². The standard InChI is InChI=1S/C15H15ClN2O2/c16-13-8-4-5-11(9-17)15(13)20-10-14(19)18-12-6-2-1-3-7-12/h1-8H,9-10,17H2,(H,18,19). The quantitative estimate of drug-likeness (QED) is 0.890. The molecule has 1 amide bonds. The first-order chi connectivity index (χ1) is 9.70. The molecule has 0 saturated heterocycles. The van der Waals surface area contributed by atoms with Crippen molar-refractivity contribution >= 4 is 23.2 Å². The molecule has 2 aromatic carbocycles. The fourth-order valence-corrected chi connectivity index (χ4v) is 1.98. The summed E-state index contributed by atoms with van der Waals surface area (Å²) in [6.45, 7) is 0.182. The Bertz CT molecular complexity index is 588. The van der Waals surface area contributed by atoms with Crippen LogP contribution in [0.4, 0.5) is 5.69 Å². The molecule has 0 fully saturated rings. The number of rotatable bonds is 5. The summed E-state index contributed by atoms with van der Waals surface area (Å²) in [5.41, 5.74) is 7.10. The highest BCUT2D eigenvalue weighted by Gasteiger charge is 2.10. The van der Waals surface area contributed by atoms with Crippen LogP contribution in [0.15, 0.2) is 48.5 Å². The van der Waals surface area contributed by atoms with Crippen LogP contribution in [0.2, 0.25) is 5.02 Å². The predicted octanol–water partition coefficient (Wildman–Crippen LogP) is 2.82. The van der Waals surface area contributed by atoms with Crippen molar-refractivity contribution in [2.24, 2.45) is 5.73 Å². The Balaban J connectivity index is 1.97. The van der Waals surface area contributed by atoms with Gasteiger partial charge in [0.1, 0.15) is 5.75 Å². The number of benzene rings is 2. The maximum absolute atomic E-state index is 11.8. The van der Waals surface area contributed by atoms with Crippen LogP contribution in [0.25, 0.3) is 0 Å². The maximum atomic E-state index is 11.8. The van der Waals surface area contributed by atoms with Gasteiger partial charge in [0.05, 0.1) is 5.02 Å². The van der Waals surface area contributed by atoms with Gasteiger partial charge < -0.3 is 15.8 Å². The minimum absolute atomic E-state index is 0.119. The van der Waals surface area contributed by atoms with E-state index in [4.69, 9.17) is 22.1 Å². The second kappa shape index (κ2) is 6.93. The molecular weight excluding hydrogens is 276 g/mol. The minimum atomic E-state index is -0.251. The minimum Gasteiger partial charge on any atom is -0.482 e. The van der Waals surface area contributed by atoms with Gasteiger partial charge in [-0.2, -0.15) is 0 Å². The summed E-state index contributed by atoms with van der Waals surface area (Å²) in [6.07, 6.45) is 0. The molecule has 0 radical (unpaired) electrons. The van der Waals surface area contributed by atoms with E-state index < -0.39 is 0 Å². The molecule has 0 aliphatic rings. The summed E-state index contributed by atoms with van der Waals surface area (Å²) in [5.74, 6) is 0.207. The molecule has 0 atom stereocenters. The molecule has 0 unspecified atom stereocenters. The molecule has 0 aliphatic carbocycles. The van der Waals surface area contributed by atoms with Gasteiger partial charge in [-0.3, -0.25) is 4.79 Å². The molecule has 0 aliphatic heterocycles. The van der Waals surface area contributed by atoms with E-state index in [-0.39, 0.29) is 12.5 Å². The molecule has 5 heteroatoms. The highest BCUT2D eigenvalue weighted by atomic mass is 35.5. The van der Waals surface area contributed by atoms with Crippen molar-refractivity contribution in [2.45, 2.75) is 6.54 Å². The van der Waals surface area contributed by atoms with Gasteiger partial charge in [0.15, 0.2) is 6.61 Å². The molecular formula is C15H15ClN2O2. The normalized spacial score (nSPS) is 10.1. The summed E-state index contributed by atoms with van der Waals surface area (Å²) < 4.78 is 5.47. The van der Waals surface area contributed by atoms with Crippen molar-refractivity contribution in [1.29, 1.82) is 0 Å². The number of nitrogens with one attached hydrogen (secondary N) is 1. The lowest BCUT2D eigenvalue weighted by Crippen LogP contribution is -2.20. The first-order valence-electron chi connectivity index (χ1n) is 6.16. The third-order valence-electron chi connectivity index (χ3n) is 2.67. The highest BCUT2D eigenvalue weighted by Crippen LogP contribution is 2.28. The number of anilines is 1. The third kappa shape index (κ3) is 3.73. The number of hydrogen-bond acceptors (Lipinski definition) is 3. The van der Waals surface area contributed by atoms with Gasteiger partial charge in [0.25, 0.3) is 5.91 Å². The van der Waals surface area contributed by atoms with Gasteiger partial charge in [-0.1, -0.05) is 41.9 Å². The summed E-state index contributed by atoms with van der Waals surface area (Å²) >= 11 is 6.04. The molecule has 0 heterocycles. The number of carbonyl (C=O) groups excluding carboxylic acids is 1. The van der Waals surface area contributed by atoms with Crippen molar-refractivity contribution in [1.82, 2.24) is 0 Å². The van der Waals surface area contributed by atoms with Crippen molar-refractivity contribution < 1.29 is 9.53 Å². The molecule has 3 N–H and O–H groups in total. The molecule has 0 bridgehead atoms. The molecule has 0 spiro atoms. The lowest BCUT2D eigenvalue weighted by atomic mass is 10.2. The fourth-order valence-electron chi connectivity index (χ4n) is 1.73. The van der Waals surface area contributed by atoms with Gasteiger partial charge in [-0.25, -0.2) is 0 Å². The van der Waals surface area contributed by atoms with E-state index in [2.05, 4.69) is 5.32 Å². The van der Waals surface area contributed by atoms with E-state index in [1.807, 2.05) is 24.3 Å². The number of ether oxygens (including phenoxy) is 1. The average Bonchev–Trinajstić information content (AvgIpc) is 2.46. The number of para-hydroxylation sites is 2. The Labute approximate surface area is 122 Å². The third-order valence-corrected chi connectivity index (χ3v) is 2.97. The van der Waals surface area contributed by atoms with E-state index >= 15 is 0 Å². The summed E-state index contributed by atoms with van der Waals surface area (Å²) in [6, 6.07) is 14.5. The Morgan fingerprint density at radius 3 is 2.60 bits per heavy atom. The van der Waals surface area contributed by atoms with Crippen molar-refractivity contribution in [2.75, 3.05) is 11.9 Å². The number of nitrogens with two attached hydrogens (primary N) is 1. The Kier molecular flexibility index (Phi) is 4.98. The molecule has 2 rings (SSSR count). The molecule has 2 aromatic rings. The summed E-state index contributed by atoms with van der Waals surface area (Å²) in [5, 5.41) is 3.18.